The summed E-state index contributed by atoms with van der Waals surface area (Å²) in [4.78, 5) is 23.9. The Morgan fingerprint density at radius 2 is 1.43 bits per heavy atom. The molecule has 0 unspecified atom stereocenters. The van der Waals surface area contributed by atoms with Gasteiger partial charge in [0.1, 0.15) is 10.1 Å². The summed E-state index contributed by atoms with van der Waals surface area (Å²) < 4.78 is 32.0. The quantitative estimate of drug-likeness (QED) is 0.252. The number of hydrogen-bond acceptors (Lipinski definition) is 5. The first kappa shape index (κ1) is 22.7. The lowest BCUT2D eigenvalue weighted by atomic mass is 9.76. The number of carbonyl (C=O) groups is 2. The third kappa shape index (κ3) is 6.79. The number of Topliss-reactive ketones (excluding diaryl/α,β-unsaturated/α-hetero) is 2. The van der Waals surface area contributed by atoms with E-state index >= 15 is 0 Å². The van der Waals surface area contributed by atoms with Crippen molar-refractivity contribution in [1.82, 2.24) is 0 Å². The molecule has 1 fully saturated rings. The summed E-state index contributed by atoms with van der Waals surface area (Å²) in [6.07, 6.45) is 1.10. The van der Waals surface area contributed by atoms with Crippen molar-refractivity contribution < 1.29 is 43.8 Å². The summed E-state index contributed by atoms with van der Waals surface area (Å²) in [5.74, 6) is 0.311. The molecule has 3 rings (SSSR count). The molecule has 0 atom stereocenters. The van der Waals surface area contributed by atoms with Crippen molar-refractivity contribution in [3.05, 3.63) is 63.7 Å². The van der Waals surface area contributed by atoms with E-state index in [1.165, 1.54) is 15.7 Å². The van der Waals surface area contributed by atoms with Crippen LogP contribution in [0, 0.1) is 15.9 Å². The number of alkyl halides is 1. The van der Waals surface area contributed by atoms with Gasteiger partial charge in [0.15, 0.2) is 15.1 Å². The van der Waals surface area contributed by atoms with E-state index in [2.05, 4.69) is 0 Å². The average molecular weight is 514 g/mol. The molecule has 0 saturated heterocycles. The Morgan fingerprint density at radius 3 is 1.89 bits per heavy atom. The van der Waals surface area contributed by atoms with Gasteiger partial charge in [-0.2, -0.15) is 0 Å². The topological polar surface area (TPSA) is 91.3 Å². The molecule has 0 radical (unpaired) electrons. The van der Waals surface area contributed by atoms with Gasteiger partial charge in [-0.05, 0) is 36.6 Å². The lowest BCUT2D eigenvalue weighted by Gasteiger charge is -2.27. The van der Waals surface area contributed by atoms with Crippen LogP contribution in [-0.4, -0.2) is 28.5 Å². The Morgan fingerprint density at radius 1 is 0.929 bits per heavy atom. The Hall–Kier alpha value is -1.58. The minimum atomic E-state index is -4.27. The van der Waals surface area contributed by atoms with Gasteiger partial charge in [0.2, 0.25) is 0 Å². The molecule has 0 N–H and O–H groups in total. The van der Waals surface area contributed by atoms with Crippen LogP contribution in [0.2, 0.25) is 0 Å². The second kappa shape index (κ2) is 9.28. The number of ketones is 2. The van der Waals surface area contributed by atoms with Gasteiger partial charge >= 0.3 is 21.2 Å². The summed E-state index contributed by atoms with van der Waals surface area (Å²) in [7, 11) is -4.27. The highest BCUT2D eigenvalue weighted by molar-refractivity contribution is 7.85. The van der Waals surface area contributed by atoms with E-state index in [0.29, 0.717) is 12.8 Å². The zero-order valence-electron chi connectivity index (χ0n) is 16.0. The summed E-state index contributed by atoms with van der Waals surface area (Å²) in [6.45, 7) is 5.82. The maximum atomic E-state index is 12.0. The molecule has 0 amide bonds. The molecule has 150 valence electrons. The Kier molecular flexibility index (Phi) is 7.52. The fourth-order valence-electron chi connectivity index (χ4n) is 2.80. The third-order valence-electron chi connectivity index (χ3n) is 4.15. The molecular formula is C21H23IO5S. The van der Waals surface area contributed by atoms with Crippen molar-refractivity contribution in [3.8, 4) is 0 Å². The number of aryl methyl sites for hydroxylation is 1. The number of carbonyl (C=O) groups excluding carboxylic acids is 2. The molecule has 0 aromatic heterocycles. The molecule has 0 bridgehead atoms. The standard InChI is InChI=1S/C14H16IO2.C7H8O3S/c1-14(2)8-11(16)13(12(17)9-14)15-10-6-4-3-5-7-10;1-6-2-4-7(5-3-6)11(8,9)10/h3-7,13H,8-9H2,1-2H3;2-5H,1H3,(H,8,9,10)/q+1;/p-1. The van der Waals surface area contributed by atoms with E-state index in [9.17, 15) is 22.6 Å². The summed E-state index contributed by atoms with van der Waals surface area (Å²) in [5, 5.41) is 0. The van der Waals surface area contributed by atoms with Crippen molar-refractivity contribution in [2.45, 2.75) is 42.4 Å². The lowest BCUT2D eigenvalue weighted by molar-refractivity contribution is -0.637. The van der Waals surface area contributed by atoms with Crippen molar-refractivity contribution in [1.29, 1.82) is 0 Å². The molecule has 0 heterocycles. The largest absolute Gasteiger partial charge is 0.744 e. The van der Waals surface area contributed by atoms with E-state index in [4.69, 9.17) is 0 Å². The van der Waals surface area contributed by atoms with Crippen LogP contribution in [0.15, 0.2) is 59.5 Å². The van der Waals surface area contributed by atoms with Crippen molar-refractivity contribution in [2.75, 3.05) is 0 Å². The first-order chi connectivity index (χ1) is 13.0. The van der Waals surface area contributed by atoms with Gasteiger partial charge in [-0.3, -0.25) is 9.59 Å². The average Bonchev–Trinajstić information content (AvgIpc) is 2.58. The molecule has 7 heteroatoms. The van der Waals surface area contributed by atoms with E-state index in [1.807, 2.05) is 51.1 Å². The molecular weight excluding hydrogens is 491 g/mol. The molecule has 1 aliphatic carbocycles. The Balaban J connectivity index is 0.000000221. The van der Waals surface area contributed by atoms with Gasteiger partial charge in [-0.25, -0.2) is 8.42 Å². The smallest absolute Gasteiger partial charge is 0.333 e. The van der Waals surface area contributed by atoms with Gasteiger partial charge < -0.3 is 4.55 Å². The van der Waals surface area contributed by atoms with Crippen molar-refractivity contribution in [3.63, 3.8) is 0 Å². The highest BCUT2D eigenvalue weighted by Gasteiger charge is 2.47. The van der Waals surface area contributed by atoms with E-state index in [-0.39, 0.29) is 25.8 Å². The molecule has 1 saturated carbocycles. The minimum absolute atomic E-state index is 0.134. The van der Waals surface area contributed by atoms with Crippen LogP contribution in [0.25, 0.3) is 0 Å². The van der Waals surface area contributed by atoms with E-state index < -0.39 is 31.3 Å². The first-order valence-electron chi connectivity index (χ1n) is 8.74. The fraction of sp³-hybridized carbons (Fsp3) is 0.333. The molecule has 2 aromatic rings. The van der Waals surface area contributed by atoms with E-state index in [1.54, 1.807) is 12.1 Å². The first-order valence-corrected chi connectivity index (χ1v) is 12.5. The number of hydrogen-bond donors (Lipinski definition) is 0. The third-order valence-corrected chi connectivity index (χ3v) is 8.45. The zero-order valence-corrected chi connectivity index (χ0v) is 19.0. The molecule has 28 heavy (non-hydrogen) atoms. The maximum absolute atomic E-state index is 12.0. The van der Waals surface area contributed by atoms with Gasteiger partial charge in [-0.1, -0.05) is 49.7 Å². The van der Waals surface area contributed by atoms with Gasteiger partial charge in [0, 0.05) is 12.8 Å². The van der Waals surface area contributed by atoms with Gasteiger partial charge in [0.05, 0.1) is 4.90 Å². The SMILES string of the molecule is CC1(C)CC(=O)C([I+]c2ccccc2)C(=O)C1.Cc1ccc(S(=O)(=O)[O-])cc1. The monoisotopic (exact) mass is 514 g/mol. The molecule has 2 aromatic carbocycles. The minimum Gasteiger partial charge on any atom is -0.744 e. The second-order valence-electron chi connectivity index (χ2n) is 7.48. The predicted molar refractivity (Wildman–Crippen MR) is 101 cm³/mol. The maximum Gasteiger partial charge on any atom is 0.333 e. The lowest BCUT2D eigenvalue weighted by Crippen LogP contribution is -3.66. The van der Waals surface area contributed by atoms with Gasteiger partial charge in [-0.15, -0.1) is 0 Å². The summed E-state index contributed by atoms with van der Waals surface area (Å²) in [6, 6.07) is 15.7. The van der Waals surface area contributed by atoms with Crippen molar-refractivity contribution in [2.24, 2.45) is 5.41 Å². The number of rotatable bonds is 3. The molecule has 5 nitrogen and oxygen atoms in total. The molecule has 0 aliphatic heterocycles. The second-order valence-corrected chi connectivity index (χ2v) is 12.0. The molecule has 1 aliphatic rings. The fourth-order valence-corrected chi connectivity index (χ4v) is 5.96. The summed E-state index contributed by atoms with van der Waals surface area (Å²) in [5.41, 5.74) is 0.794. The zero-order chi connectivity index (χ0) is 20.9. The Labute approximate surface area is 176 Å². The highest BCUT2D eigenvalue weighted by Crippen LogP contribution is 2.30. The van der Waals surface area contributed by atoms with Crippen LogP contribution in [0.5, 0.6) is 0 Å². The van der Waals surface area contributed by atoms with Crippen LogP contribution in [0.1, 0.15) is 32.3 Å². The van der Waals surface area contributed by atoms with Gasteiger partial charge in [0.25, 0.3) is 3.92 Å². The van der Waals surface area contributed by atoms with E-state index in [0.717, 1.165) is 5.56 Å². The van der Waals surface area contributed by atoms with Crippen LogP contribution in [-0.2, 0) is 19.7 Å². The predicted octanol–water partition coefficient (Wildman–Crippen LogP) is 0.171. The molecule has 0 spiro atoms. The Bertz CT molecular complexity index is 915. The van der Waals surface area contributed by atoms with Crippen LogP contribution in [0.3, 0.4) is 0 Å². The number of benzene rings is 2. The van der Waals surface area contributed by atoms with Crippen molar-refractivity contribution >= 4 is 21.7 Å². The highest BCUT2D eigenvalue weighted by atomic mass is 127. The normalized spacial score (nSPS) is 17.0. The van der Waals surface area contributed by atoms with Crippen LogP contribution < -0.4 is 21.2 Å². The number of halogens is 1. The van der Waals surface area contributed by atoms with Crippen LogP contribution >= 0.6 is 0 Å². The summed E-state index contributed by atoms with van der Waals surface area (Å²) >= 11 is -0.516. The van der Waals surface area contributed by atoms with Crippen LogP contribution in [0.4, 0.5) is 0 Å².